The van der Waals surface area contributed by atoms with Gasteiger partial charge in [-0.05, 0) is 26.0 Å². The molecule has 2 aromatic rings. The lowest BCUT2D eigenvalue weighted by molar-refractivity contribution is -0.143. The van der Waals surface area contributed by atoms with Crippen molar-refractivity contribution in [3.63, 3.8) is 0 Å². The summed E-state index contributed by atoms with van der Waals surface area (Å²) >= 11 is 12.0. The predicted octanol–water partition coefficient (Wildman–Crippen LogP) is 3.51. The first kappa shape index (κ1) is 17.6. The number of rotatable bonds is 6. The van der Waals surface area contributed by atoms with Gasteiger partial charge in [0.1, 0.15) is 13.2 Å². The molecule has 0 saturated heterocycles. The Hall–Kier alpha value is -1.72. The Morgan fingerprint density at radius 3 is 2.43 bits per heavy atom. The fraction of sp³-hybridized carbons (Fsp3) is 0.375. The number of ether oxygens (including phenoxy) is 2. The van der Waals surface area contributed by atoms with E-state index in [2.05, 4.69) is 5.10 Å². The minimum Gasteiger partial charge on any atom is -0.487 e. The number of halogens is 2. The molecule has 0 atom stereocenters. The number of benzene rings is 1. The Morgan fingerprint density at radius 1 is 1.22 bits per heavy atom. The molecule has 1 heterocycles. The molecule has 7 heteroatoms. The van der Waals surface area contributed by atoms with Gasteiger partial charge in [-0.15, -0.1) is 0 Å². The van der Waals surface area contributed by atoms with Crippen molar-refractivity contribution in [1.82, 2.24) is 9.78 Å². The van der Waals surface area contributed by atoms with E-state index >= 15 is 0 Å². The topological polar surface area (TPSA) is 53.4 Å². The molecule has 23 heavy (non-hydrogen) atoms. The van der Waals surface area contributed by atoms with E-state index in [1.807, 2.05) is 20.9 Å². The van der Waals surface area contributed by atoms with Crippen LogP contribution in [0.3, 0.4) is 0 Å². The minimum atomic E-state index is -0.321. The van der Waals surface area contributed by atoms with Crippen LogP contribution >= 0.6 is 23.2 Å². The molecule has 5 nitrogen and oxygen atoms in total. The highest BCUT2D eigenvalue weighted by Gasteiger charge is 2.14. The van der Waals surface area contributed by atoms with Gasteiger partial charge in [0.2, 0.25) is 0 Å². The third-order valence-electron chi connectivity index (χ3n) is 3.49. The number of nitrogens with zero attached hydrogens (tertiary/aromatic N) is 2. The van der Waals surface area contributed by atoms with Crippen LogP contribution in [-0.4, -0.2) is 29.0 Å². The van der Waals surface area contributed by atoms with E-state index < -0.39 is 0 Å². The van der Waals surface area contributed by atoms with E-state index in [1.54, 1.807) is 22.9 Å². The van der Waals surface area contributed by atoms with Gasteiger partial charge < -0.3 is 9.47 Å². The van der Waals surface area contributed by atoms with Crippen LogP contribution in [0.5, 0.6) is 5.75 Å². The van der Waals surface area contributed by atoms with Gasteiger partial charge in [0.15, 0.2) is 5.75 Å². The SMILES string of the molecule is Cc1nn(C)c(C)c1CC(=O)OCCOc1c(Cl)cccc1Cl. The lowest BCUT2D eigenvalue weighted by Gasteiger charge is -2.10. The Morgan fingerprint density at radius 2 is 1.87 bits per heavy atom. The van der Waals surface area contributed by atoms with Gasteiger partial charge in [-0.1, -0.05) is 29.3 Å². The fourth-order valence-electron chi connectivity index (χ4n) is 2.19. The molecule has 0 aliphatic rings. The molecular weight excluding hydrogens is 339 g/mol. The largest absolute Gasteiger partial charge is 0.487 e. The summed E-state index contributed by atoms with van der Waals surface area (Å²) in [5, 5.41) is 5.12. The van der Waals surface area contributed by atoms with Crippen molar-refractivity contribution in [3.8, 4) is 5.75 Å². The fourth-order valence-corrected chi connectivity index (χ4v) is 2.69. The number of hydrogen-bond acceptors (Lipinski definition) is 4. The van der Waals surface area contributed by atoms with E-state index in [9.17, 15) is 4.79 Å². The van der Waals surface area contributed by atoms with E-state index in [-0.39, 0.29) is 25.6 Å². The summed E-state index contributed by atoms with van der Waals surface area (Å²) in [5.74, 6) is 0.0730. The molecule has 0 bridgehead atoms. The maximum atomic E-state index is 11.9. The first-order chi connectivity index (χ1) is 10.9. The quantitative estimate of drug-likeness (QED) is 0.587. The molecule has 0 saturated carbocycles. The smallest absolute Gasteiger partial charge is 0.310 e. The van der Waals surface area contributed by atoms with Gasteiger partial charge in [0, 0.05) is 18.3 Å². The Bertz CT molecular complexity index is 693. The Labute approximate surface area is 145 Å². The second-order valence-corrected chi connectivity index (χ2v) is 5.88. The van der Waals surface area contributed by atoms with Gasteiger partial charge in [-0.25, -0.2) is 0 Å². The first-order valence-electron chi connectivity index (χ1n) is 7.11. The molecule has 1 aromatic heterocycles. The number of aryl methyl sites for hydroxylation is 2. The lowest BCUT2D eigenvalue weighted by Crippen LogP contribution is -2.15. The van der Waals surface area contributed by atoms with Crippen LogP contribution in [0.2, 0.25) is 10.0 Å². The summed E-state index contributed by atoms with van der Waals surface area (Å²) in [6.07, 6.45) is 0.193. The van der Waals surface area contributed by atoms with Crippen molar-refractivity contribution >= 4 is 29.2 Å². The van der Waals surface area contributed by atoms with Crippen LogP contribution in [0, 0.1) is 13.8 Å². The van der Waals surface area contributed by atoms with Crippen molar-refractivity contribution in [2.75, 3.05) is 13.2 Å². The highest BCUT2D eigenvalue weighted by atomic mass is 35.5. The summed E-state index contributed by atoms with van der Waals surface area (Å²) in [6.45, 7) is 4.10. The number of carbonyl (C=O) groups is 1. The summed E-state index contributed by atoms with van der Waals surface area (Å²) in [6, 6.07) is 5.10. The highest BCUT2D eigenvalue weighted by molar-refractivity contribution is 6.37. The third-order valence-corrected chi connectivity index (χ3v) is 4.09. The summed E-state index contributed by atoms with van der Waals surface area (Å²) < 4.78 is 12.4. The average molecular weight is 357 g/mol. The number of esters is 1. The maximum absolute atomic E-state index is 11.9. The van der Waals surface area contributed by atoms with Crippen molar-refractivity contribution in [2.45, 2.75) is 20.3 Å². The van der Waals surface area contributed by atoms with Crippen LogP contribution in [-0.2, 0) is 23.0 Å². The minimum absolute atomic E-state index is 0.124. The van der Waals surface area contributed by atoms with Crippen LogP contribution in [0.15, 0.2) is 18.2 Å². The molecule has 0 unspecified atom stereocenters. The van der Waals surface area contributed by atoms with E-state index in [0.717, 1.165) is 17.0 Å². The zero-order valence-corrected chi connectivity index (χ0v) is 14.7. The zero-order valence-electron chi connectivity index (χ0n) is 13.2. The Kier molecular flexibility index (Phi) is 5.91. The molecule has 0 radical (unpaired) electrons. The van der Waals surface area contributed by atoms with Crippen molar-refractivity contribution < 1.29 is 14.3 Å². The van der Waals surface area contributed by atoms with E-state index in [4.69, 9.17) is 32.7 Å². The van der Waals surface area contributed by atoms with Crippen LogP contribution in [0.1, 0.15) is 17.0 Å². The second kappa shape index (κ2) is 7.70. The van der Waals surface area contributed by atoms with Crippen molar-refractivity contribution in [3.05, 3.63) is 45.2 Å². The predicted molar refractivity (Wildman–Crippen MR) is 89.3 cm³/mol. The van der Waals surface area contributed by atoms with Gasteiger partial charge in [-0.2, -0.15) is 5.10 Å². The summed E-state index contributed by atoms with van der Waals surface area (Å²) in [7, 11) is 1.85. The molecular formula is C16H18Cl2N2O3. The van der Waals surface area contributed by atoms with Crippen LogP contribution < -0.4 is 4.74 Å². The number of carbonyl (C=O) groups excluding carboxylic acids is 1. The van der Waals surface area contributed by atoms with Crippen molar-refractivity contribution in [2.24, 2.45) is 7.05 Å². The van der Waals surface area contributed by atoms with Gasteiger partial charge in [0.25, 0.3) is 0 Å². The molecule has 124 valence electrons. The van der Waals surface area contributed by atoms with Crippen LogP contribution in [0.4, 0.5) is 0 Å². The molecule has 0 spiro atoms. The first-order valence-corrected chi connectivity index (χ1v) is 7.87. The number of para-hydroxylation sites is 1. The van der Waals surface area contributed by atoms with Crippen molar-refractivity contribution in [1.29, 1.82) is 0 Å². The average Bonchev–Trinajstić information content (AvgIpc) is 2.72. The molecule has 0 aliphatic heterocycles. The summed E-state index contributed by atoms with van der Waals surface area (Å²) in [5.41, 5.74) is 2.69. The van der Waals surface area contributed by atoms with Crippen LogP contribution in [0.25, 0.3) is 0 Å². The number of hydrogen-bond donors (Lipinski definition) is 0. The van der Waals surface area contributed by atoms with E-state index in [0.29, 0.717) is 15.8 Å². The normalized spacial score (nSPS) is 10.7. The molecule has 0 fully saturated rings. The molecule has 0 aliphatic carbocycles. The molecule has 2 rings (SSSR count). The van der Waals surface area contributed by atoms with Gasteiger partial charge >= 0.3 is 5.97 Å². The highest BCUT2D eigenvalue weighted by Crippen LogP contribution is 2.32. The van der Waals surface area contributed by atoms with Gasteiger partial charge in [-0.3, -0.25) is 9.48 Å². The lowest BCUT2D eigenvalue weighted by atomic mass is 10.1. The monoisotopic (exact) mass is 356 g/mol. The Balaban J connectivity index is 1.81. The molecule has 1 aromatic carbocycles. The van der Waals surface area contributed by atoms with Gasteiger partial charge in [0.05, 0.1) is 22.2 Å². The maximum Gasteiger partial charge on any atom is 0.310 e. The van der Waals surface area contributed by atoms with E-state index in [1.165, 1.54) is 0 Å². The number of aromatic nitrogens is 2. The second-order valence-electron chi connectivity index (χ2n) is 5.07. The molecule has 0 amide bonds. The zero-order chi connectivity index (χ0) is 17.0. The molecule has 0 N–H and O–H groups in total. The standard InChI is InChI=1S/C16H18Cl2N2O3/c1-10-12(11(2)20(3)19-10)9-15(21)22-7-8-23-16-13(17)5-4-6-14(16)18/h4-6H,7-9H2,1-3H3. The summed E-state index contributed by atoms with van der Waals surface area (Å²) in [4.78, 5) is 11.9. The third kappa shape index (κ3) is 4.39.